The van der Waals surface area contributed by atoms with Gasteiger partial charge in [0.15, 0.2) is 5.78 Å². The molecule has 7 heteroatoms. The Labute approximate surface area is 160 Å². The number of nitrogens with zero attached hydrogens (tertiary/aromatic N) is 2. The van der Waals surface area contributed by atoms with Crippen molar-refractivity contribution in [2.24, 2.45) is 5.92 Å². The second-order valence-electron chi connectivity index (χ2n) is 6.68. The van der Waals surface area contributed by atoms with Crippen molar-refractivity contribution < 1.29 is 22.8 Å². The Balaban J connectivity index is 1.64. The van der Waals surface area contributed by atoms with Crippen LogP contribution >= 0.6 is 0 Å². The summed E-state index contributed by atoms with van der Waals surface area (Å²) >= 11 is 0. The number of alkyl halides is 3. The molecule has 1 saturated heterocycles. The van der Waals surface area contributed by atoms with Gasteiger partial charge in [0.25, 0.3) is 0 Å². The van der Waals surface area contributed by atoms with E-state index in [4.69, 9.17) is 0 Å². The molecule has 1 amide bonds. The molecule has 0 saturated carbocycles. The third-order valence-corrected chi connectivity index (χ3v) is 4.70. The van der Waals surface area contributed by atoms with Crippen molar-refractivity contribution in [3.05, 3.63) is 71.6 Å². The number of Topliss-reactive ketones (excluding diaryl/α,β-unsaturated/α-hetero) is 1. The van der Waals surface area contributed by atoms with Crippen molar-refractivity contribution in [3.8, 4) is 0 Å². The highest BCUT2D eigenvalue weighted by molar-refractivity contribution is 5.99. The summed E-state index contributed by atoms with van der Waals surface area (Å²) in [5.74, 6) is -0.850. The van der Waals surface area contributed by atoms with Crippen LogP contribution in [-0.4, -0.2) is 34.7 Å². The van der Waals surface area contributed by atoms with Crippen LogP contribution in [0.3, 0.4) is 0 Å². The Morgan fingerprint density at radius 3 is 2.54 bits per heavy atom. The number of hydrogen-bond donors (Lipinski definition) is 0. The first kappa shape index (κ1) is 19.8. The van der Waals surface area contributed by atoms with Crippen LogP contribution in [0.2, 0.25) is 0 Å². The van der Waals surface area contributed by atoms with Gasteiger partial charge < -0.3 is 4.90 Å². The maximum absolute atomic E-state index is 12.7. The predicted octanol–water partition coefficient (Wildman–Crippen LogP) is 4.24. The second kappa shape index (κ2) is 8.37. The van der Waals surface area contributed by atoms with E-state index in [9.17, 15) is 22.8 Å². The van der Waals surface area contributed by atoms with Gasteiger partial charge in [-0.2, -0.15) is 13.2 Å². The van der Waals surface area contributed by atoms with E-state index in [1.165, 1.54) is 18.2 Å². The van der Waals surface area contributed by atoms with Gasteiger partial charge in [-0.25, -0.2) is 0 Å². The van der Waals surface area contributed by atoms with Gasteiger partial charge in [-0.3, -0.25) is 14.6 Å². The molecule has 1 fully saturated rings. The van der Waals surface area contributed by atoms with E-state index in [1.807, 2.05) is 6.07 Å². The Hall–Kier alpha value is -2.96. The number of halogens is 3. The molecule has 1 unspecified atom stereocenters. The number of hydrogen-bond acceptors (Lipinski definition) is 3. The number of rotatable bonds is 4. The minimum absolute atomic E-state index is 0.200. The Morgan fingerprint density at radius 1 is 1.14 bits per heavy atom. The number of piperidine rings is 1. The minimum Gasteiger partial charge on any atom is -0.338 e. The molecule has 3 rings (SSSR count). The first-order valence-corrected chi connectivity index (χ1v) is 8.93. The zero-order chi connectivity index (χ0) is 20.1. The largest absolute Gasteiger partial charge is 0.416 e. The molecule has 2 aromatic rings. The molecular formula is C21H19F3N2O2. The van der Waals surface area contributed by atoms with Crippen molar-refractivity contribution in [2.45, 2.75) is 19.0 Å². The maximum atomic E-state index is 12.7. The van der Waals surface area contributed by atoms with Crippen LogP contribution in [-0.2, 0) is 11.0 Å². The molecule has 0 spiro atoms. The molecule has 0 radical (unpaired) electrons. The Kier molecular flexibility index (Phi) is 5.92. The van der Waals surface area contributed by atoms with Crippen LogP contribution < -0.4 is 0 Å². The molecule has 2 heterocycles. The predicted molar refractivity (Wildman–Crippen MR) is 98.3 cm³/mol. The summed E-state index contributed by atoms with van der Waals surface area (Å²) in [6.45, 7) is 0.809. The topological polar surface area (TPSA) is 50.3 Å². The summed E-state index contributed by atoms with van der Waals surface area (Å²) in [6.07, 6.45) is 3.23. The summed E-state index contributed by atoms with van der Waals surface area (Å²) in [4.78, 5) is 30.7. The van der Waals surface area contributed by atoms with Crippen molar-refractivity contribution in [1.82, 2.24) is 9.88 Å². The highest BCUT2D eigenvalue weighted by atomic mass is 19.4. The first-order valence-electron chi connectivity index (χ1n) is 8.93. The molecule has 1 aromatic heterocycles. The van der Waals surface area contributed by atoms with E-state index >= 15 is 0 Å². The third kappa shape index (κ3) is 4.85. The lowest BCUT2D eigenvalue weighted by molar-refractivity contribution is -0.137. The zero-order valence-electron chi connectivity index (χ0n) is 15.0. The van der Waals surface area contributed by atoms with E-state index in [1.54, 1.807) is 29.4 Å². The highest BCUT2D eigenvalue weighted by Crippen LogP contribution is 2.30. The number of ketones is 1. The van der Waals surface area contributed by atoms with E-state index in [-0.39, 0.29) is 23.8 Å². The second-order valence-corrected chi connectivity index (χ2v) is 6.68. The number of benzene rings is 1. The average Bonchev–Trinajstić information content (AvgIpc) is 2.72. The van der Waals surface area contributed by atoms with Gasteiger partial charge in [0, 0.05) is 43.0 Å². The van der Waals surface area contributed by atoms with Gasteiger partial charge in [-0.1, -0.05) is 18.2 Å². The molecule has 146 valence electrons. The molecule has 0 N–H and O–H groups in total. The zero-order valence-corrected chi connectivity index (χ0v) is 15.0. The summed E-state index contributed by atoms with van der Waals surface area (Å²) < 4.78 is 38.0. The number of aromatic nitrogens is 1. The first-order chi connectivity index (χ1) is 13.3. The van der Waals surface area contributed by atoms with Crippen molar-refractivity contribution in [3.63, 3.8) is 0 Å². The van der Waals surface area contributed by atoms with Gasteiger partial charge in [0.1, 0.15) is 0 Å². The highest BCUT2D eigenvalue weighted by Gasteiger charge is 2.32. The van der Waals surface area contributed by atoms with Gasteiger partial charge >= 0.3 is 6.18 Å². The van der Waals surface area contributed by atoms with Crippen molar-refractivity contribution in [2.75, 3.05) is 13.1 Å². The lowest BCUT2D eigenvalue weighted by Crippen LogP contribution is -2.41. The van der Waals surface area contributed by atoms with Crippen LogP contribution in [0.5, 0.6) is 0 Å². The molecule has 1 aliphatic heterocycles. The van der Waals surface area contributed by atoms with Crippen molar-refractivity contribution in [1.29, 1.82) is 0 Å². The van der Waals surface area contributed by atoms with Crippen LogP contribution in [0.4, 0.5) is 13.2 Å². The van der Waals surface area contributed by atoms with Crippen LogP contribution in [0.1, 0.15) is 34.3 Å². The minimum atomic E-state index is -4.43. The number of likely N-dealkylation sites (tertiary alicyclic amines) is 1. The summed E-state index contributed by atoms with van der Waals surface area (Å²) in [7, 11) is 0. The fraction of sp³-hybridized carbons (Fsp3) is 0.286. The molecule has 4 nitrogen and oxygen atoms in total. The lowest BCUT2D eigenvalue weighted by atomic mass is 9.89. The van der Waals surface area contributed by atoms with Crippen LogP contribution in [0.25, 0.3) is 6.08 Å². The van der Waals surface area contributed by atoms with Gasteiger partial charge in [0.05, 0.1) is 5.56 Å². The third-order valence-electron chi connectivity index (χ3n) is 4.70. The van der Waals surface area contributed by atoms with Crippen LogP contribution in [0, 0.1) is 5.92 Å². The fourth-order valence-electron chi connectivity index (χ4n) is 3.20. The fourth-order valence-corrected chi connectivity index (χ4v) is 3.20. The number of pyridine rings is 1. The number of carbonyl (C=O) groups is 2. The summed E-state index contributed by atoms with van der Waals surface area (Å²) in [6, 6.07) is 7.82. The molecule has 0 bridgehead atoms. The Morgan fingerprint density at radius 2 is 1.89 bits per heavy atom. The average molecular weight is 388 g/mol. The lowest BCUT2D eigenvalue weighted by Gasteiger charge is -2.31. The van der Waals surface area contributed by atoms with Gasteiger partial charge in [0.2, 0.25) is 5.91 Å². The molecule has 1 atom stereocenters. The quantitative estimate of drug-likeness (QED) is 0.582. The van der Waals surface area contributed by atoms with Gasteiger partial charge in [-0.15, -0.1) is 0 Å². The molecule has 1 aliphatic rings. The van der Waals surface area contributed by atoms with Gasteiger partial charge in [-0.05, 0) is 42.7 Å². The summed E-state index contributed by atoms with van der Waals surface area (Å²) in [5.41, 5.74) is 0.244. The Bertz CT molecular complexity index is 861. The van der Waals surface area contributed by atoms with E-state index in [0.717, 1.165) is 17.7 Å². The molecule has 1 aromatic carbocycles. The molecule has 0 aliphatic carbocycles. The van der Waals surface area contributed by atoms with E-state index < -0.39 is 17.7 Å². The van der Waals surface area contributed by atoms with Crippen LogP contribution in [0.15, 0.2) is 54.9 Å². The smallest absolute Gasteiger partial charge is 0.338 e. The van der Waals surface area contributed by atoms with Crippen molar-refractivity contribution >= 4 is 17.8 Å². The van der Waals surface area contributed by atoms with E-state index in [0.29, 0.717) is 19.4 Å². The molecular weight excluding hydrogens is 369 g/mol. The number of carbonyl (C=O) groups excluding carboxylic acids is 2. The standard InChI is InChI=1S/C21H19F3N2O2/c22-21(23,24)18-8-6-16(7-9-18)20(28)17-4-2-12-26(14-17)19(27)10-5-15-3-1-11-25-13-15/h1,3,5-11,13,17H,2,4,12,14H2. The summed E-state index contributed by atoms with van der Waals surface area (Å²) in [5, 5.41) is 0. The SMILES string of the molecule is O=C(c1ccc(C(F)(F)F)cc1)C1CCCN(C(=O)C=Cc2cccnc2)C1. The van der Waals surface area contributed by atoms with E-state index in [2.05, 4.69) is 4.98 Å². The monoisotopic (exact) mass is 388 g/mol. The maximum Gasteiger partial charge on any atom is 0.416 e. The number of amides is 1. The normalized spacial score (nSPS) is 17.7. The molecule has 28 heavy (non-hydrogen) atoms.